The van der Waals surface area contributed by atoms with Gasteiger partial charge in [0.1, 0.15) is 17.6 Å². The summed E-state index contributed by atoms with van der Waals surface area (Å²) in [4.78, 5) is 25.6. The van der Waals surface area contributed by atoms with Crippen LogP contribution in [0.3, 0.4) is 0 Å². The molecule has 0 fully saturated rings. The number of amides is 2. The normalized spacial score (nSPS) is 15.0. The van der Waals surface area contributed by atoms with Crippen molar-refractivity contribution in [3.8, 4) is 0 Å². The minimum Gasteiger partial charge on any atom is -0.357 e. The van der Waals surface area contributed by atoms with E-state index in [0.29, 0.717) is 19.0 Å². The average molecular weight is 515 g/mol. The Morgan fingerprint density at radius 1 is 1.03 bits per heavy atom. The van der Waals surface area contributed by atoms with E-state index in [2.05, 4.69) is 29.8 Å². The molecule has 0 bridgehead atoms. The number of rotatable bonds is 17. The third kappa shape index (κ3) is 13.6. The Morgan fingerprint density at radius 3 is 2.21 bits per heavy atom. The fraction of sp³-hybridized carbons (Fsp3) is 0.680. The van der Waals surface area contributed by atoms with Crippen LogP contribution < -0.4 is 10.6 Å². The summed E-state index contributed by atoms with van der Waals surface area (Å²) in [6, 6.07) is 8.98. The van der Waals surface area contributed by atoms with E-state index in [1.165, 1.54) is 32.1 Å². The molecular formula is C25H43N2O3PS2. The molecular weight excluding hydrogens is 471 g/mol. The van der Waals surface area contributed by atoms with Crippen LogP contribution in [0.2, 0.25) is 0 Å². The van der Waals surface area contributed by atoms with Gasteiger partial charge >= 0.3 is 0 Å². The van der Waals surface area contributed by atoms with E-state index in [-0.39, 0.29) is 17.7 Å². The van der Waals surface area contributed by atoms with Gasteiger partial charge in [0.15, 0.2) is 0 Å². The predicted octanol–water partition coefficient (Wildman–Crippen LogP) is 5.88. The molecule has 5 nitrogen and oxygen atoms in total. The predicted molar refractivity (Wildman–Crippen MR) is 147 cm³/mol. The Morgan fingerprint density at radius 2 is 1.64 bits per heavy atom. The molecule has 2 amide bonds. The molecule has 0 radical (unpaired) electrons. The van der Waals surface area contributed by atoms with Crippen LogP contribution in [-0.2, 0) is 32.3 Å². The first kappa shape index (κ1) is 30.2. The first-order chi connectivity index (χ1) is 15.7. The van der Waals surface area contributed by atoms with Crippen molar-refractivity contribution in [2.75, 3.05) is 13.2 Å². The summed E-state index contributed by atoms with van der Waals surface area (Å²) in [5.41, 5.74) is -1.42. The number of carbonyl (C=O) groups is 2. The second-order valence-corrected chi connectivity index (χ2v) is 15.5. The molecule has 0 spiro atoms. The van der Waals surface area contributed by atoms with Gasteiger partial charge in [-0.05, 0) is 24.3 Å². The molecule has 0 saturated heterocycles. The zero-order chi connectivity index (χ0) is 24.7. The summed E-state index contributed by atoms with van der Waals surface area (Å²) in [5, 5.41) is 5.55. The highest BCUT2D eigenvalue weighted by Crippen LogP contribution is 2.54. The summed E-state index contributed by atoms with van der Waals surface area (Å²) < 4.78 is 6.17. The van der Waals surface area contributed by atoms with E-state index in [1.54, 1.807) is 7.05 Å². The molecule has 0 aliphatic heterocycles. The number of benzene rings is 1. The first-order valence-corrected chi connectivity index (χ1v) is 16.3. The van der Waals surface area contributed by atoms with Crippen LogP contribution in [0.5, 0.6) is 0 Å². The molecule has 1 rings (SSSR count). The van der Waals surface area contributed by atoms with E-state index in [9.17, 15) is 9.59 Å². The Kier molecular flexibility index (Phi) is 15.3. The van der Waals surface area contributed by atoms with Gasteiger partial charge in [-0.2, -0.15) is 0 Å². The third-order valence-electron chi connectivity index (χ3n) is 5.48. The molecule has 0 aromatic heterocycles. The van der Waals surface area contributed by atoms with Gasteiger partial charge in [0.05, 0.1) is 0 Å². The lowest BCUT2D eigenvalue weighted by atomic mass is 10.0. The summed E-state index contributed by atoms with van der Waals surface area (Å²) in [5.74, 6) is -0.282. The van der Waals surface area contributed by atoms with Crippen LogP contribution >= 0.6 is 17.7 Å². The lowest BCUT2D eigenvalue weighted by Gasteiger charge is -2.27. The van der Waals surface area contributed by atoms with Gasteiger partial charge in [-0.3, -0.25) is 9.59 Å². The molecule has 188 valence electrons. The Hall–Kier alpha value is -0.880. The van der Waals surface area contributed by atoms with Gasteiger partial charge in [0, 0.05) is 19.6 Å². The standard InChI is InChI=1S/C25H43N2O3PS2/c1-5-6-7-8-9-10-14-17-31(32,33)30-23(18-20(2)3)25(29)27-22(24(28)26-4)19-21-15-12-11-13-16-21/h11-13,15-16,20,22-23H,5-10,14,17-19H2,1-4H3,(H,26,28)(H,27,29)(H,32,33)/t22-,23-/m0/s1. The molecule has 1 aromatic rings. The lowest BCUT2D eigenvalue weighted by molar-refractivity contribution is -0.133. The van der Waals surface area contributed by atoms with Gasteiger partial charge in [-0.25, -0.2) is 0 Å². The number of likely N-dealkylation sites (N-methyl/N-ethyl adjacent to an activating group) is 1. The molecule has 1 unspecified atom stereocenters. The second kappa shape index (κ2) is 16.7. The van der Waals surface area contributed by atoms with Crippen LogP contribution in [0.25, 0.3) is 0 Å². The van der Waals surface area contributed by atoms with E-state index in [0.717, 1.165) is 18.4 Å². The zero-order valence-corrected chi connectivity index (χ0v) is 23.3. The van der Waals surface area contributed by atoms with E-state index in [4.69, 9.17) is 16.3 Å². The minimum absolute atomic E-state index is 0.233. The number of nitrogens with one attached hydrogen (secondary N) is 2. The number of hydrogen-bond acceptors (Lipinski definition) is 4. The highest BCUT2D eigenvalue weighted by atomic mass is 32.9. The van der Waals surface area contributed by atoms with E-state index < -0.39 is 17.6 Å². The fourth-order valence-corrected chi connectivity index (χ4v) is 6.42. The van der Waals surface area contributed by atoms with Crippen molar-refractivity contribution in [2.45, 2.75) is 90.7 Å². The van der Waals surface area contributed by atoms with Crippen molar-refractivity contribution in [3.63, 3.8) is 0 Å². The van der Waals surface area contributed by atoms with Gasteiger partial charge in [-0.1, -0.05) is 101 Å². The van der Waals surface area contributed by atoms with Crippen molar-refractivity contribution >= 4 is 41.3 Å². The van der Waals surface area contributed by atoms with Crippen LogP contribution in [0, 0.1) is 5.92 Å². The van der Waals surface area contributed by atoms with E-state index >= 15 is 0 Å². The van der Waals surface area contributed by atoms with Crippen LogP contribution in [0.15, 0.2) is 30.3 Å². The van der Waals surface area contributed by atoms with Crippen molar-refractivity contribution in [2.24, 2.45) is 5.92 Å². The summed E-state index contributed by atoms with van der Waals surface area (Å²) in [6.45, 7) is 6.31. The van der Waals surface area contributed by atoms with E-state index in [1.807, 2.05) is 44.2 Å². The largest absolute Gasteiger partial charge is 0.357 e. The second-order valence-electron chi connectivity index (χ2n) is 9.07. The molecule has 0 saturated carbocycles. The molecule has 33 heavy (non-hydrogen) atoms. The quantitative estimate of drug-likeness (QED) is 0.138. The Balaban J connectivity index is 2.72. The molecule has 0 aliphatic rings. The lowest BCUT2D eigenvalue weighted by Crippen LogP contribution is -2.50. The monoisotopic (exact) mass is 514 g/mol. The Bertz CT molecular complexity index is 746. The summed E-state index contributed by atoms with van der Waals surface area (Å²) in [6.07, 6.45) is 9.32. The SMILES string of the molecule is CCCCCCCCCP(=S)(S)O[C@@H](CC(C)C)C(=O)N[C@@H](Cc1ccccc1)C(=O)NC. The Labute approximate surface area is 211 Å². The molecule has 0 aliphatic carbocycles. The number of carbonyl (C=O) groups excluding carboxylic acids is 2. The molecule has 3 atom stereocenters. The van der Waals surface area contributed by atoms with Crippen LogP contribution in [0.1, 0.15) is 77.7 Å². The summed E-state index contributed by atoms with van der Waals surface area (Å²) >= 11 is 10.4. The highest BCUT2D eigenvalue weighted by Gasteiger charge is 2.30. The van der Waals surface area contributed by atoms with Gasteiger partial charge in [0.25, 0.3) is 0 Å². The van der Waals surface area contributed by atoms with Gasteiger partial charge in [-0.15, -0.1) is 12.2 Å². The third-order valence-corrected chi connectivity index (χ3v) is 8.63. The maximum atomic E-state index is 13.2. The van der Waals surface area contributed by atoms with Crippen LogP contribution in [-0.4, -0.2) is 37.2 Å². The number of thiol groups is 1. The summed E-state index contributed by atoms with van der Waals surface area (Å²) in [7, 11) is 1.57. The topological polar surface area (TPSA) is 67.4 Å². The molecule has 2 N–H and O–H groups in total. The maximum Gasteiger partial charge on any atom is 0.250 e. The maximum absolute atomic E-state index is 13.2. The highest BCUT2D eigenvalue weighted by molar-refractivity contribution is 8.61. The molecule has 1 aromatic carbocycles. The van der Waals surface area contributed by atoms with Crippen LogP contribution in [0.4, 0.5) is 0 Å². The van der Waals surface area contributed by atoms with Crippen molar-refractivity contribution in [3.05, 3.63) is 35.9 Å². The minimum atomic E-state index is -2.39. The van der Waals surface area contributed by atoms with Crippen molar-refractivity contribution in [1.82, 2.24) is 10.6 Å². The average Bonchev–Trinajstić information content (AvgIpc) is 2.77. The smallest absolute Gasteiger partial charge is 0.250 e. The van der Waals surface area contributed by atoms with Gasteiger partial charge in [0.2, 0.25) is 11.8 Å². The first-order valence-electron chi connectivity index (χ1n) is 12.2. The number of unbranched alkanes of at least 4 members (excludes halogenated alkanes) is 6. The van der Waals surface area contributed by atoms with Crippen molar-refractivity contribution in [1.29, 1.82) is 0 Å². The molecule has 8 heteroatoms. The number of hydrogen-bond donors (Lipinski definition) is 3. The van der Waals surface area contributed by atoms with Gasteiger partial charge < -0.3 is 15.2 Å². The molecule has 0 heterocycles. The zero-order valence-electron chi connectivity index (χ0n) is 20.7. The fourth-order valence-electron chi connectivity index (χ4n) is 3.64. The van der Waals surface area contributed by atoms with Crippen molar-refractivity contribution < 1.29 is 14.1 Å².